The molecule has 2 aromatic rings. The van der Waals surface area contributed by atoms with Crippen LogP contribution in [0.5, 0.6) is 5.75 Å². The summed E-state index contributed by atoms with van der Waals surface area (Å²) in [5, 5.41) is 3.38. The van der Waals surface area contributed by atoms with Crippen LogP contribution in [-0.2, 0) is 23.3 Å². The van der Waals surface area contributed by atoms with E-state index in [1.165, 1.54) is 46.7 Å². The lowest BCUT2D eigenvalue weighted by atomic mass is 9.92. The van der Waals surface area contributed by atoms with Crippen LogP contribution < -0.4 is 15.6 Å². The van der Waals surface area contributed by atoms with Gasteiger partial charge in [-0.05, 0) is 17.7 Å². The van der Waals surface area contributed by atoms with Gasteiger partial charge in [0.1, 0.15) is 5.75 Å². The summed E-state index contributed by atoms with van der Waals surface area (Å²) in [5.74, 6) is -0.463. The molecule has 1 amide bonds. The second-order valence-corrected chi connectivity index (χ2v) is 9.03. The fourth-order valence-electron chi connectivity index (χ4n) is 2.90. The Morgan fingerprint density at radius 1 is 1.27 bits per heavy atom. The van der Waals surface area contributed by atoms with Crippen LogP contribution in [-0.4, -0.2) is 27.6 Å². The number of ether oxygens (including phenoxy) is 1. The van der Waals surface area contributed by atoms with Gasteiger partial charge in [-0.15, -0.1) is 13.2 Å². The first-order chi connectivity index (χ1) is 13.9. The topological polar surface area (TPSA) is 73.2 Å². The molecule has 1 unspecified atom stereocenters. The minimum atomic E-state index is -4.74. The van der Waals surface area contributed by atoms with Crippen molar-refractivity contribution in [2.75, 3.05) is 5.75 Å². The number of thioether (sulfide) groups is 1. The number of hydrogen-bond acceptors (Lipinski definition) is 5. The summed E-state index contributed by atoms with van der Waals surface area (Å²) in [6.45, 7) is 6.35. The first kappa shape index (κ1) is 22.2. The van der Waals surface area contributed by atoms with E-state index < -0.39 is 12.3 Å². The fraction of sp³-hybridized carbons (Fsp3) is 0.450. The zero-order valence-corrected chi connectivity index (χ0v) is 17.6. The second kappa shape index (κ2) is 8.33. The van der Waals surface area contributed by atoms with E-state index >= 15 is 0 Å². The summed E-state index contributed by atoms with van der Waals surface area (Å²) >= 11 is 1.37. The monoisotopic (exact) mass is 441 g/mol. The Hall–Kier alpha value is -2.49. The van der Waals surface area contributed by atoms with Gasteiger partial charge in [0.05, 0.1) is 11.6 Å². The van der Waals surface area contributed by atoms with Crippen LogP contribution in [0.15, 0.2) is 40.3 Å². The van der Waals surface area contributed by atoms with Gasteiger partial charge in [-0.25, -0.2) is 4.98 Å². The second-order valence-electron chi connectivity index (χ2n) is 8.04. The van der Waals surface area contributed by atoms with Crippen molar-refractivity contribution in [1.29, 1.82) is 0 Å². The Morgan fingerprint density at radius 2 is 1.93 bits per heavy atom. The molecule has 0 saturated heterocycles. The van der Waals surface area contributed by atoms with Gasteiger partial charge in [0, 0.05) is 30.3 Å². The minimum absolute atomic E-state index is 0.162. The van der Waals surface area contributed by atoms with Gasteiger partial charge in [0.15, 0.2) is 5.16 Å². The predicted molar refractivity (Wildman–Crippen MR) is 106 cm³/mol. The maximum Gasteiger partial charge on any atom is 0.573 e. The molecule has 1 N–H and O–H groups in total. The van der Waals surface area contributed by atoms with Crippen LogP contribution in [0.1, 0.15) is 32.0 Å². The predicted octanol–water partition coefficient (Wildman–Crippen LogP) is 3.48. The molecule has 0 spiro atoms. The van der Waals surface area contributed by atoms with Gasteiger partial charge in [-0.2, -0.15) is 0 Å². The highest BCUT2D eigenvalue weighted by atomic mass is 32.2. The summed E-state index contributed by atoms with van der Waals surface area (Å²) < 4.78 is 42.0. The number of benzene rings is 1. The van der Waals surface area contributed by atoms with Crippen molar-refractivity contribution in [2.24, 2.45) is 5.92 Å². The lowest BCUT2D eigenvalue weighted by Gasteiger charge is -2.26. The number of nitrogens with zero attached hydrogens (tertiary/aromatic N) is 2. The molecule has 0 bridgehead atoms. The molecule has 1 aromatic carbocycles. The van der Waals surface area contributed by atoms with Gasteiger partial charge in [0.2, 0.25) is 5.91 Å². The van der Waals surface area contributed by atoms with Crippen molar-refractivity contribution < 1.29 is 22.7 Å². The van der Waals surface area contributed by atoms with Gasteiger partial charge in [-0.3, -0.25) is 14.2 Å². The maximum atomic E-state index is 12.5. The third kappa shape index (κ3) is 5.56. The van der Waals surface area contributed by atoms with E-state index in [9.17, 15) is 22.8 Å². The van der Waals surface area contributed by atoms with E-state index in [-0.39, 0.29) is 35.7 Å². The average molecular weight is 441 g/mol. The molecule has 30 heavy (non-hydrogen) atoms. The van der Waals surface area contributed by atoms with Crippen LogP contribution in [0.25, 0.3) is 0 Å². The number of halogens is 3. The summed E-state index contributed by atoms with van der Waals surface area (Å²) in [5.41, 5.74) is 0.919. The van der Waals surface area contributed by atoms with Crippen molar-refractivity contribution >= 4 is 17.7 Å². The lowest BCUT2D eigenvalue weighted by molar-refractivity contribution is -0.274. The van der Waals surface area contributed by atoms with E-state index in [1.54, 1.807) is 0 Å². The number of alkyl halides is 3. The Labute approximate surface area is 175 Å². The van der Waals surface area contributed by atoms with Crippen LogP contribution in [0.2, 0.25) is 0 Å². The Morgan fingerprint density at radius 3 is 2.53 bits per heavy atom. The molecule has 1 aliphatic heterocycles. The highest BCUT2D eigenvalue weighted by molar-refractivity contribution is 7.99. The zero-order chi connectivity index (χ0) is 22.1. The smallest absolute Gasteiger partial charge is 0.406 e. The first-order valence-corrected chi connectivity index (χ1v) is 10.3. The quantitative estimate of drug-likeness (QED) is 0.736. The molecule has 10 heteroatoms. The highest BCUT2D eigenvalue weighted by Crippen LogP contribution is 2.28. The standard InChI is InChI=1S/C20H22F3N3O3S/c1-19(2,3)15-8-16(27)26-10-13(11-30-18(26)25-15)17(28)24-9-12-4-6-14(7-5-12)29-20(21,22)23/h4-8,13H,9-11H2,1-3H3,(H,24,28). The number of rotatable bonds is 4. The normalized spacial score (nSPS) is 16.7. The van der Waals surface area contributed by atoms with E-state index in [2.05, 4.69) is 15.0 Å². The molecule has 0 aliphatic carbocycles. The number of amides is 1. The Kier molecular flexibility index (Phi) is 6.16. The van der Waals surface area contributed by atoms with E-state index in [0.717, 1.165) is 0 Å². The number of carbonyl (C=O) groups is 1. The molecule has 1 aliphatic rings. The summed E-state index contributed by atoms with van der Waals surface area (Å²) in [6, 6.07) is 6.80. The molecule has 2 heterocycles. The van der Waals surface area contributed by atoms with Gasteiger partial charge >= 0.3 is 6.36 Å². The molecule has 6 nitrogen and oxygen atoms in total. The molecular weight excluding hydrogens is 419 g/mol. The van der Waals surface area contributed by atoms with Crippen molar-refractivity contribution in [1.82, 2.24) is 14.9 Å². The molecule has 162 valence electrons. The fourth-order valence-corrected chi connectivity index (χ4v) is 3.99. The molecule has 1 aromatic heterocycles. The van der Waals surface area contributed by atoms with E-state index in [0.29, 0.717) is 22.2 Å². The highest BCUT2D eigenvalue weighted by Gasteiger charge is 2.31. The third-order valence-electron chi connectivity index (χ3n) is 4.55. The van der Waals surface area contributed by atoms with Crippen LogP contribution in [0, 0.1) is 5.92 Å². The number of nitrogens with one attached hydrogen (secondary N) is 1. The summed E-state index contributed by atoms with van der Waals surface area (Å²) in [6.07, 6.45) is -4.74. The van der Waals surface area contributed by atoms with Gasteiger partial charge in [0.25, 0.3) is 5.56 Å². The number of hydrogen-bond donors (Lipinski definition) is 1. The Balaban J connectivity index is 1.61. The van der Waals surface area contributed by atoms with E-state index in [1.807, 2.05) is 20.8 Å². The van der Waals surface area contributed by atoms with Crippen LogP contribution >= 0.6 is 11.8 Å². The molecule has 1 atom stereocenters. The number of fused-ring (bicyclic) bond motifs is 1. The maximum absolute atomic E-state index is 12.5. The Bertz CT molecular complexity index is 982. The summed E-state index contributed by atoms with van der Waals surface area (Å²) in [7, 11) is 0. The lowest BCUT2D eigenvalue weighted by Crippen LogP contribution is -2.40. The van der Waals surface area contributed by atoms with Gasteiger partial charge in [-0.1, -0.05) is 44.7 Å². The molecular formula is C20H22F3N3O3S. The molecule has 3 rings (SSSR count). The van der Waals surface area contributed by atoms with Crippen LogP contribution in [0.4, 0.5) is 13.2 Å². The SMILES string of the molecule is CC(C)(C)c1cc(=O)n2c(n1)SCC(C(=O)NCc1ccc(OC(F)(F)F)cc1)C2. The molecule has 0 fully saturated rings. The van der Waals surface area contributed by atoms with Crippen molar-refractivity contribution in [3.8, 4) is 5.75 Å². The largest absolute Gasteiger partial charge is 0.573 e. The number of aromatic nitrogens is 2. The van der Waals surface area contributed by atoms with Gasteiger partial charge < -0.3 is 10.1 Å². The van der Waals surface area contributed by atoms with E-state index in [4.69, 9.17) is 0 Å². The number of carbonyl (C=O) groups excluding carboxylic acids is 1. The summed E-state index contributed by atoms with van der Waals surface area (Å²) in [4.78, 5) is 29.6. The minimum Gasteiger partial charge on any atom is -0.406 e. The average Bonchev–Trinajstić information content (AvgIpc) is 2.65. The molecule has 0 saturated carbocycles. The van der Waals surface area contributed by atoms with Crippen molar-refractivity contribution in [2.45, 2.75) is 50.8 Å². The zero-order valence-electron chi connectivity index (χ0n) is 16.7. The first-order valence-electron chi connectivity index (χ1n) is 9.30. The van der Waals surface area contributed by atoms with Crippen LogP contribution in [0.3, 0.4) is 0 Å². The van der Waals surface area contributed by atoms with Crippen molar-refractivity contribution in [3.63, 3.8) is 0 Å². The third-order valence-corrected chi connectivity index (χ3v) is 5.69. The molecule has 0 radical (unpaired) electrons. The van der Waals surface area contributed by atoms with Crippen molar-refractivity contribution in [3.05, 3.63) is 51.9 Å².